The second kappa shape index (κ2) is 9.43. The standard InChI is InChI=1S/C14H28NO6P/c1-12(2)14(16)20-11-7-9-13(21-22(17,18)19)8-6-10-15(3,4)5/h13H,1,6-11H2,2-5H3,(H-,17,18,19)/p+1. The minimum absolute atomic E-state index is 0.183. The summed E-state index contributed by atoms with van der Waals surface area (Å²) in [4.78, 5) is 29.1. The first-order valence-electron chi connectivity index (χ1n) is 7.28. The summed E-state index contributed by atoms with van der Waals surface area (Å²) >= 11 is 0. The monoisotopic (exact) mass is 338 g/mol. The van der Waals surface area contributed by atoms with Gasteiger partial charge in [0, 0.05) is 5.57 Å². The minimum Gasteiger partial charge on any atom is -0.462 e. The van der Waals surface area contributed by atoms with Crippen molar-refractivity contribution >= 4 is 13.8 Å². The highest BCUT2D eigenvalue weighted by Gasteiger charge is 2.22. The maximum atomic E-state index is 11.2. The Hall–Kier alpha value is -0.720. The lowest BCUT2D eigenvalue weighted by Gasteiger charge is -2.25. The Kier molecular flexibility index (Phi) is 9.12. The van der Waals surface area contributed by atoms with Crippen molar-refractivity contribution in [2.24, 2.45) is 0 Å². The number of hydrogen-bond donors (Lipinski definition) is 2. The van der Waals surface area contributed by atoms with E-state index in [2.05, 4.69) is 27.7 Å². The Morgan fingerprint density at radius 3 is 2.23 bits per heavy atom. The summed E-state index contributed by atoms with van der Waals surface area (Å²) in [7, 11) is 1.64. The number of ether oxygens (including phenoxy) is 1. The van der Waals surface area contributed by atoms with Crippen LogP contribution in [0.25, 0.3) is 0 Å². The van der Waals surface area contributed by atoms with Crippen LogP contribution >= 0.6 is 7.82 Å². The van der Waals surface area contributed by atoms with Gasteiger partial charge in [0.1, 0.15) is 0 Å². The molecular weight excluding hydrogens is 309 g/mol. The lowest BCUT2D eigenvalue weighted by molar-refractivity contribution is -0.870. The number of rotatable bonds is 11. The predicted octanol–water partition coefficient (Wildman–Crippen LogP) is 1.85. The number of phosphoric ester groups is 1. The summed E-state index contributed by atoms with van der Waals surface area (Å²) in [6, 6.07) is 0. The number of nitrogens with zero attached hydrogens (tertiary/aromatic N) is 1. The largest absolute Gasteiger partial charge is 0.469 e. The zero-order chi connectivity index (χ0) is 17.4. The fourth-order valence-electron chi connectivity index (χ4n) is 1.84. The number of hydrogen-bond acceptors (Lipinski definition) is 4. The van der Waals surface area contributed by atoms with Gasteiger partial charge in [-0.25, -0.2) is 9.36 Å². The van der Waals surface area contributed by atoms with Crippen molar-refractivity contribution in [1.29, 1.82) is 0 Å². The summed E-state index contributed by atoms with van der Waals surface area (Å²) in [5.74, 6) is -0.461. The predicted molar refractivity (Wildman–Crippen MR) is 84.1 cm³/mol. The highest BCUT2D eigenvalue weighted by atomic mass is 31.2. The van der Waals surface area contributed by atoms with Gasteiger partial charge in [0.2, 0.25) is 0 Å². The molecule has 0 fully saturated rings. The molecule has 0 amide bonds. The molecule has 0 bridgehead atoms. The lowest BCUT2D eigenvalue weighted by atomic mass is 10.1. The van der Waals surface area contributed by atoms with Crippen molar-refractivity contribution in [2.45, 2.75) is 38.7 Å². The van der Waals surface area contributed by atoms with Gasteiger partial charge in [-0.2, -0.15) is 0 Å². The molecule has 7 nitrogen and oxygen atoms in total. The van der Waals surface area contributed by atoms with Gasteiger partial charge in [0.15, 0.2) is 0 Å². The van der Waals surface area contributed by atoms with Gasteiger partial charge in [-0.3, -0.25) is 4.52 Å². The molecule has 0 radical (unpaired) electrons. The zero-order valence-corrected chi connectivity index (χ0v) is 14.8. The molecule has 0 aliphatic rings. The van der Waals surface area contributed by atoms with Gasteiger partial charge in [0.25, 0.3) is 0 Å². The smallest absolute Gasteiger partial charge is 0.462 e. The van der Waals surface area contributed by atoms with Crippen molar-refractivity contribution in [3.05, 3.63) is 12.2 Å². The van der Waals surface area contributed by atoms with Gasteiger partial charge >= 0.3 is 13.8 Å². The molecule has 0 spiro atoms. The number of carbonyl (C=O) groups excluding carboxylic acids is 1. The zero-order valence-electron chi connectivity index (χ0n) is 13.9. The van der Waals surface area contributed by atoms with Crippen LogP contribution < -0.4 is 0 Å². The SMILES string of the molecule is C=C(C)C(=O)OCCCC(CCC[N+](C)(C)C)OP(=O)(O)O. The summed E-state index contributed by atoms with van der Waals surface area (Å²) in [5, 5.41) is 0. The molecule has 0 heterocycles. The first kappa shape index (κ1) is 21.3. The normalized spacial score (nSPS) is 13.7. The van der Waals surface area contributed by atoms with Crippen LogP contribution in [0.4, 0.5) is 0 Å². The second-order valence-corrected chi connectivity index (χ2v) is 7.62. The first-order chi connectivity index (χ1) is 9.91. The molecule has 1 unspecified atom stereocenters. The topological polar surface area (TPSA) is 93.1 Å². The van der Waals surface area contributed by atoms with Crippen molar-refractivity contribution in [3.63, 3.8) is 0 Å². The van der Waals surface area contributed by atoms with Crippen LogP contribution in [0, 0.1) is 0 Å². The molecule has 8 heteroatoms. The van der Waals surface area contributed by atoms with E-state index in [0.29, 0.717) is 24.8 Å². The average Bonchev–Trinajstić information content (AvgIpc) is 2.30. The van der Waals surface area contributed by atoms with E-state index in [1.807, 2.05) is 0 Å². The fourth-order valence-corrected chi connectivity index (χ4v) is 2.44. The Morgan fingerprint density at radius 1 is 1.23 bits per heavy atom. The van der Waals surface area contributed by atoms with Crippen molar-refractivity contribution in [2.75, 3.05) is 34.3 Å². The highest BCUT2D eigenvalue weighted by Crippen LogP contribution is 2.39. The maximum absolute atomic E-state index is 11.2. The number of quaternary nitrogens is 1. The van der Waals surface area contributed by atoms with E-state index in [-0.39, 0.29) is 6.61 Å². The van der Waals surface area contributed by atoms with E-state index in [9.17, 15) is 9.36 Å². The van der Waals surface area contributed by atoms with Crippen molar-refractivity contribution in [3.8, 4) is 0 Å². The van der Waals surface area contributed by atoms with Gasteiger partial charge in [-0.05, 0) is 32.6 Å². The Balaban J connectivity index is 4.22. The van der Waals surface area contributed by atoms with Crippen LogP contribution in [0.1, 0.15) is 32.6 Å². The molecule has 0 aromatic heterocycles. The summed E-state index contributed by atoms with van der Waals surface area (Å²) in [5.41, 5.74) is 0.325. The Labute approximate surface area is 132 Å². The van der Waals surface area contributed by atoms with E-state index in [4.69, 9.17) is 19.0 Å². The molecule has 0 aromatic rings. The molecule has 0 rings (SSSR count). The van der Waals surface area contributed by atoms with E-state index in [0.717, 1.165) is 17.4 Å². The van der Waals surface area contributed by atoms with E-state index in [1.54, 1.807) is 6.92 Å². The fraction of sp³-hybridized carbons (Fsp3) is 0.786. The van der Waals surface area contributed by atoms with Crippen molar-refractivity contribution < 1.29 is 32.9 Å². The summed E-state index contributed by atoms with van der Waals surface area (Å²) in [6.07, 6.45) is 1.70. The third-order valence-electron chi connectivity index (χ3n) is 2.89. The molecule has 130 valence electrons. The Bertz CT molecular complexity index is 412. The molecule has 2 N–H and O–H groups in total. The average molecular weight is 338 g/mol. The molecule has 0 saturated heterocycles. The number of esters is 1. The highest BCUT2D eigenvalue weighted by molar-refractivity contribution is 7.46. The van der Waals surface area contributed by atoms with Crippen LogP contribution in [-0.2, 0) is 18.6 Å². The van der Waals surface area contributed by atoms with E-state index < -0.39 is 19.9 Å². The van der Waals surface area contributed by atoms with Gasteiger partial charge in [-0.1, -0.05) is 6.58 Å². The number of phosphoric acid groups is 1. The molecule has 22 heavy (non-hydrogen) atoms. The third kappa shape index (κ3) is 13.0. The van der Waals surface area contributed by atoms with Crippen molar-refractivity contribution in [1.82, 2.24) is 0 Å². The first-order valence-corrected chi connectivity index (χ1v) is 8.81. The minimum atomic E-state index is -4.51. The molecule has 0 saturated carbocycles. The molecular formula is C14H29NO6P+. The van der Waals surface area contributed by atoms with Gasteiger partial charge in [-0.15, -0.1) is 0 Å². The van der Waals surface area contributed by atoms with Crippen LogP contribution in [-0.4, -0.2) is 60.6 Å². The molecule has 0 aromatic carbocycles. The quantitative estimate of drug-likeness (QED) is 0.196. The van der Waals surface area contributed by atoms with Gasteiger partial charge < -0.3 is 19.0 Å². The van der Waals surface area contributed by atoms with Crippen LogP contribution in [0.3, 0.4) is 0 Å². The Morgan fingerprint density at radius 2 is 1.77 bits per heavy atom. The summed E-state index contributed by atoms with van der Waals surface area (Å²) < 4.78 is 21.5. The van der Waals surface area contributed by atoms with Crippen LogP contribution in [0.2, 0.25) is 0 Å². The third-order valence-corrected chi connectivity index (χ3v) is 3.47. The van der Waals surface area contributed by atoms with E-state index >= 15 is 0 Å². The van der Waals surface area contributed by atoms with Gasteiger partial charge in [0.05, 0.1) is 40.4 Å². The van der Waals surface area contributed by atoms with Crippen LogP contribution in [0.15, 0.2) is 12.2 Å². The molecule has 1 atom stereocenters. The van der Waals surface area contributed by atoms with Crippen LogP contribution in [0.5, 0.6) is 0 Å². The molecule has 0 aliphatic carbocycles. The molecule has 0 aliphatic heterocycles. The van der Waals surface area contributed by atoms with E-state index in [1.165, 1.54) is 0 Å². The maximum Gasteiger partial charge on any atom is 0.469 e. The lowest BCUT2D eigenvalue weighted by Crippen LogP contribution is -2.35. The summed E-state index contributed by atoms with van der Waals surface area (Å²) in [6.45, 7) is 6.10. The second-order valence-electron chi connectivity index (χ2n) is 6.43. The number of carbonyl (C=O) groups is 1.